The van der Waals surface area contributed by atoms with Crippen LogP contribution in [0.4, 0.5) is 0 Å². The maximum atomic E-state index is 9.30. The maximum Gasteiger partial charge on any atom is 0.216 e. The molecule has 5 nitrogen and oxygen atoms in total. The molecule has 2 fully saturated rings. The molecular formula is C98H138N5+5. The summed E-state index contributed by atoms with van der Waals surface area (Å²) in [6.45, 7) is 30.5. The molecule has 4 atom stereocenters. The molecule has 0 amide bonds. The van der Waals surface area contributed by atoms with Crippen molar-refractivity contribution in [3.63, 3.8) is 0 Å². The molecule has 0 N–H and O–H groups in total. The quantitative estimate of drug-likeness (QED) is 0.0967. The summed E-state index contributed by atoms with van der Waals surface area (Å²) >= 11 is 0. The molecular weight excluding hydrogens is 1250 g/mol. The average molecular weight is 1390 g/mol. The normalized spacial score (nSPS) is 19.4. The molecule has 4 unspecified atom stereocenters. The zero-order valence-electron chi connectivity index (χ0n) is 68.1. The molecule has 5 aromatic carbocycles. The van der Waals surface area contributed by atoms with E-state index < -0.39 is 29.5 Å². The number of nitrogens with zero attached hydrogens (tertiary/aromatic N) is 5. The van der Waals surface area contributed by atoms with Crippen LogP contribution in [0.3, 0.4) is 0 Å². The molecule has 14 rings (SSSR count). The number of benzene rings is 5. The number of hydrogen-bond acceptors (Lipinski definition) is 0. The van der Waals surface area contributed by atoms with Crippen molar-refractivity contribution in [2.24, 2.45) is 40.7 Å². The molecule has 0 spiro atoms. The Kier molecular flexibility index (Phi) is 28.6. The summed E-state index contributed by atoms with van der Waals surface area (Å²) in [5.74, 6) is -1.56. The van der Waals surface area contributed by atoms with E-state index in [4.69, 9.17) is 5.48 Å². The van der Waals surface area contributed by atoms with Gasteiger partial charge in [-0.1, -0.05) is 184 Å². The van der Waals surface area contributed by atoms with E-state index in [-0.39, 0.29) is 42.5 Å². The lowest BCUT2D eigenvalue weighted by Crippen LogP contribution is -2.33. The molecule has 10 aromatic rings. The second kappa shape index (κ2) is 38.0. The molecule has 0 saturated heterocycles. The lowest BCUT2D eigenvalue weighted by Gasteiger charge is -2.24. The van der Waals surface area contributed by atoms with E-state index in [0.717, 1.165) is 77.7 Å². The Morgan fingerprint density at radius 1 is 0.379 bits per heavy atom. The van der Waals surface area contributed by atoms with Gasteiger partial charge in [0.2, 0.25) is 28.5 Å². The van der Waals surface area contributed by atoms with Gasteiger partial charge >= 0.3 is 0 Å². The van der Waals surface area contributed by atoms with Gasteiger partial charge in [-0.2, -0.15) is 0 Å². The first kappa shape index (κ1) is 77.5. The van der Waals surface area contributed by atoms with Crippen molar-refractivity contribution in [2.75, 3.05) is 0 Å². The number of pyridine rings is 5. The van der Waals surface area contributed by atoms with Crippen molar-refractivity contribution >= 4 is 0 Å². The minimum absolute atomic E-state index is 0. The van der Waals surface area contributed by atoms with Gasteiger partial charge in [-0.3, -0.25) is 0 Å². The van der Waals surface area contributed by atoms with Gasteiger partial charge < -0.3 is 0 Å². The summed E-state index contributed by atoms with van der Waals surface area (Å²) in [4.78, 5) is 0. The number of aromatic nitrogens is 5. The molecule has 0 aliphatic heterocycles. The predicted octanol–water partition coefficient (Wildman–Crippen LogP) is 25.0. The van der Waals surface area contributed by atoms with Crippen LogP contribution < -0.4 is 22.8 Å². The lowest BCUT2D eigenvalue weighted by molar-refractivity contribution is -0.661. The highest BCUT2D eigenvalue weighted by Crippen LogP contribution is 2.65. The van der Waals surface area contributed by atoms with Gasteiger partial charge in [-0.05, 0) is 246 Å². The summed E-state index contributed by atoms with van der Waals surface area (Å²) in [5, 5.41) is 0. The summed E-state index contributed by atoms with van der Waals surface area (Å²) < 4.78 is 55.6. The van der Waals surface area contributed by atoms with E-state index in [1.807, 2.05) is 7.05 Å². The van der Waals surface area contributed by atoms with Crippen LogP contribution in [0.1, 0.15) is 284 Å². The highest BCUT2D eigenvalue weighted by molar-refractivity contribution is 5.70. The number of hydrogen-bond donors (Lipinski definition) is 0. The van der Waals surface area contributed by atoms with Gasteiger partial charge in [0.15, 0.2) is 31.0 Å². The minimum atomic E-state index is -0.680. The fraction of sp³-hybridized carbons (Fsp3) is 0.439. The SMILES string of the molecule is C.C.C.C.C.CCC(CC)c1c[n+](C)c(-c2ccccc2C)cc1C.CCC(CC)c1ccc(-c2ccccc2C)[n+](C)c1.[2H]C(CC)(CC)c1ccc(-c2ccccc2C)[n+](C)c1.[2H]C12CCC([2H])(C1)c1c2cc[n+](C)c1-c1ccccc1C.[2H]C12CCC([2H])(c3c1cc[n+](C)c3-c1ccccc1C)C2(C)C. The van der Waals surface area contributed by atoms with Crippen molar-refractivity contribution in [3.05, 3.63) is 267 Å². The Bertz CT molecular complexity index is 4700. The summed E-state index contributed by atoms with van der Waals surface area (Å²) in [7, 11) is 10.5. The standard InChI is InChI=1S/C20H24N.C19H26N.C18H20N.2C18H24N.5CH4/c1-13-7-5-6-8-14(13)19-18-15(11-12-21(19)4)16-9-10-17(18)20(16,2)3;1-6-16(7-2)18-13-20(5)19(12-15(18)4)17-11-9-8-10-14(17)3;1-12-5-3-4-6-15(12)18-17-14-8-7-13(11-14)16(17)9-10-19(18)2;2*1-5-15(6-2)16-11-12-18(19(4)13-16)17-10-8-7-9-14(17)3;;;;;/h5-8,11-12,16-17H,9-10H2,1-4H3;8-13,16H,6-7H2,1-5H3;3-6,9-10,13-14H,7-8,11H2,1-2H3;2*7-13,15H,5-6H2,1-4H3;5*1H4/q5*+1;;;;;/i16D,17D;;13D,14D;15D;;;;;;. The highest BCUT2D eigenvalue weighted by Gasteiger charge is 2.54. The summed E-state index contributed by atoms with van der Waals surface area (Å²) in [6, 6.07) is 57.7. The van der Waals surface area contributed by atoms with Crippen molar-refractivity contribution < 1.29 is 29.7 Å². The van der Waals surface area contributed by atoms with Gasteiger partial charge in [0.05, 0.1) is 0 Å². The van der Waals surface area contributed by atoms with Crippen molar-refractivity contribution in [2.45, 2.75) is 246 Å². The first-order valence-electron chi connectivity index (χ1n) is 39.3. The third-order valence-electron chi connectivity index (χ3n) is 22.3. The van der Waals surface area contributed by atoms with Crippen LogP contribution in [0.2, 0.25) is 0 Å². The molecule has 5 heteroatoms. The van der Waals surface area contributed by atoms with Gasteiger partial charge in [0.1, 0.15) is 35.2 Å². The minimum Gasteiger partial charge on any atom is -0.201 e. The van der Waals surface area contributed by atoms with Gasteiger partial charge in [0, 0.05) is 92.8 Å². The summed E-state index contributed by atoms with van der Waals surface area (Å²) in [5.41, 5.74) is 28.1. The van der Waals surface area contributed by atoms with E-state index >= 15 is 0 Å². The van der Waals surface area contributed by atoms with Crippen LogP contribution >= 0.6 is 0 Å². The van der Waals surface area contributed by atoms with Crippen LogP contribution in [0.25, 0.3) is 56.3 Å². The Hall–Kier alpha value is -8.15. The van der Waals surface area contributed by atoms with Gasteiger partial charge in [-0.15, -0.1) is 0 Å². The molecule has 4 aliphatic rings. The monoisotopic (exact) mass is 1390 g/mol. The second-order valence-electron chi connectivity index (χ2n) is 28.8. The van der Waals surface area contributed by atoms with Crippen LogP contribution in [-0.4, -0.2) is 0 Å². The first-order valence-corrected chi connectivity index (χ1v) is 36.8. The van der Waals surface area contributed by atoms with Crippen LogP contribution in [0.5, 0.6) is 0 Å². The maximum absolute atomic E-state index is 9.30. The highest BCUT2D eigenvalue weighted by atomic mass is 14.9. The van der Waals surface area contributed by atoms with Crippen LogP contribution in [0, 0.1) is 47.0 Å². The molecule has 5 heterocycles. The van der Waals surface area contributed by atoms with Gasteiger partial charge in [0.25, 0.3) is 0 Å². The van der Waals surface area contributed by atoms with E-state index in [1.165, 1.54) is 115 Å². The lowest BCUT2D eigenvalue weighted by atomic mass is 9.79. The van der Waals surface area contributed by atoms with Crippen molar-refractivity contribution in [1.82, 2.24) is 0 Å². The Balaban J connectivity index is 0.000000240. The van der Waals surface area contributed by atoms with Crippen LogP contribution in [-0.2, 0) is 35.2 Å². The molecule has 4 bridgehead atoms. The fourth-order valence-electron chi connectivity index (χ4n) is 16.4. The van der Waals surface area contributed by atoms with Crippen molar-refractivity contribution in [1.29, 1.82) is 0 Å². The number of rotatable bonds is 14. The zero-order valence-corrected chi connectivity index (χ0v) is 63.1. The third kappa shape index (κ3) is 18.2. The van der Waals surface area contributed by atoms with E-state index in [9.17, 15) is 1.37 Å². The third-order valence-corrected chi connectivity index (χ3v) is 22.3. The predicted molar refractivity (Wildman–Crippen MR) is 445 cm³/mol. The smallest absolute Gasteiger partial charge is 0.201 e. The average Bonchev–Trinajstić information content (AvgIpc) is 1.50. The van der Waals surface area contributed by atoms with Crippen LogP contribution in [0.15, 0.2) is 195 Å². The molecule has 5 aromatic heterocycles. The first-order chi connectivity index (χ1) is 48.9. The van der Waals surface area contributed by atoms with E-state index in [0.29, 0.717) is 18.3 Å². The number of fused-ring (bicyclic) bond motifs is 10. The topological polar surface area (TPSA) is 19.4 Å². The Morgan fingerprint density at radius 3 is 1.19 bits per heavy atom. The second-order valence-corrected chi connectivity index (χ2v) is 28.8. The van der Waals surface area contributed by atoms with Crippen molar-refractivity contribution in [3.8, 4) is 56.3 Å². The fourth-order valence-corrected chi connectivity index (χ4v) is 16.4. The molecule has 550 valence electrons. The molecule has 0 radical (unpaired) electrons. The Morgan fingerprint density at radius 2 is 0.757 bits per heavy atom. The van der Waals surface area contributed by atoms with E-state index in [1.54, 1.807) is 0 Å². The number of aryl methyl sites for hydroxylation is 11. The molecule has 4 aliphatic carbocycles. The van der Waals surface area contributed by atoms with Gasteiger partial charge in [-0.25, -0.2) is 22.8 Å². The van der Waals surface area contributed by atoms with E-state index in [2.05, 4.69) is 343 Å². The molecule has 103 heavy (non-hydrogen) atoms. The zero-order chi connectivity index (χ0) is 74.7. The Labute approximate surface area is 636 Å². The summed E-state index contributed by atoms with van der Waals surface area (Å²) in [6.07, 6.45) is 21.2. The molecule has 2 saturated carbocycles. The largest absolute Gasteiger partial charge is 0.216 e.